The van der Waals surface area contributed by atoms with Crippen LogP contribution in [0.1, 0.15) is 13.3 Å². The third-order valence-electron chi connectivity index (χ3n) is 3.42. The number of carbonyl (C=O) groups excluding carboxylic acids is 1. The van der Waals surface area contributed by atoms with Crippen molar-refractivity contribution in [2.45, 2.75) is 23.8 Å². The standard InChI is InChI=1S/C16H21N3O3S/c1-11(14(20)17-9-6-10-22-3)23-16-18-13-8-5-4-7-12(13)15(21)19(16)2/h4-5,7-8,11H,6,9-10H2,1-3H3,(H,17,20). The molecular weight excluding hydrogens is 314 g/mol. The van der Waals surface area contributed by atoms with Crippen LogP contribution in [0, 0.1) is 0 Å². The molecule has 1 amide bonds. The van der Waals surface area contributed by atoms with Gasteiger partial charge in [0.05, 0.1) is 16.2 Å². The van der Waals surface area contributed by atoms with E-state index < -0.39 is 0 Å². The summed E-state index contributed by atoms with van der Waals surface area (Å²) >= 11 is 1.28. The minimum absolute atomic E-state index is 0.0755. The zero-order valence-electron chi connectivity index (χ0n) is 13.5. The van der Waals surface area contributed by atoms with Crippen molar-refractivity contribution in [3.8, 4) is 0 Å². The molecule has 1 N–H and O–H groups in total. The molecule has 0 saturated heterocycles. The lowest BCUT2D eigenvalue weighted by atomic mass is 10.2. The Morgan fingerprint density at radius 1 is 1.43 bits per heavy atom. The molecule has 1 aromatic carbocycles. The average Bonchev–Trinajstić information content (AvgIpc) is 2.56. The number of carbonyl (C=O) groups is 1. The minimum atomic E-state index is -0.336. The molecule has 6 nitrogen and oxygen atoms in total. The van der Waals surface area contributed by atoms with Gasteiger partial charge in [-0.05, 0) is 25.5 Å². The maximum atomic E-state index is 12.3. The summed E-state index contributed by atoms with van der Waals surface area (Å²) in [5.41, 5.74) is 0.539. The van der Waals surface area contributed by atoms with Crippen molar-refractivity contribution in [2.24, 2.45) is 7.05 Å². The van der Waals surface area contributed by atoms with Crippen LogP contribution in [0.5, 0.6) is 0 Å². The third-order valence-corrected chi connectivity index (χ3v) is 4.56. The van der Waals surface area contributed by atoms with Gasteiger partial charge in [-0.2, -0.15) is 0 Å². The van der Waals surface area contributed by atoms with E-state index in [1.807, 2.05) is 12.1 Å². The van der Waals surface area contributed by atoms with E-state index in [0.29, 0.717) is 29.2 Å². The number of hydrogen-bond donors (Lipinski definition) is 1. The quantitative estimate of drug-likeness (QED) is 0.472. The van der Waals surface area contributed by atoms with E-state index in [9.17, 15) is 9.59 Å². The lowest BCUT2D eigenvalue weighted by Crippen LogP contribution is -2.32. The number of rotatable bonds is 7. The zero-order valence-corrected chi connectivity index (χ0v) is 14.4. The molecule has 1 heterocycles. The molecule has 0 aliphatic carbocycles. The first-order valence-corrected chi connectivity index (χ1v) is 8.31. The molecule has 1 unspecified atom stereocenters. The van der Waals surface area contributed by atoms with Crippen molar-refractivity contribution in [1.29, 1.82) is 0 Å². The van der Waals surface area contributed by atoms with Gasteiger partial charge in [0.2, 0.25) is 5.91 Å². The largest absolute Gasteiger partial charge is 0.385 e. The van der Waals surface area contributed by atoms with Gasteiger partial charge in [0.1, 0.15) is 0 Å². The second-order valence-electron chi connectivity index (χ2n) is 5.17. The van der Waals surface area contributed by atoms with Crippen LogP contribution in [-0.4, -0.2) is 41.0 Å². The Balaban J connectivity index is 2.10. The fraction of sp³-hybridized carbons (Fsp3) is 0.438. The Morgan fingerprint density at radius 2 is 2.17 bits per heavy atom. The van der Waals surface area contributed by atoms with Crippen LogP contribution in [0.15, 0.2) is 34.2 Å². The van der Waals surface area contributed by atoms with Crippen molar-refractivity contribution in [2.75, 3.05) is 20.3 Å². The second-order valence-corrected chi connectivity index (χ2v) is 6.48. The van der Waals surface area contributed by atoms with Crippen LogP contribution in [0.3, 0.4) is 0 Å². The van der Waals surface area contributed by atoms with E-state index in [-0.39, 0.29) is 16.7 Å². The molecular formula is C16H21N3O3S. The van der Waals surface area contributed by atoms with Gasteiger partial charge >= 0.3 is 0 Å². The van der Waals surface area contributed by atoms with E-state index in [0.717, 1.165) is 6.42 Å². The van der Waals surface area contributed by atoms with Gasteiger partial charge in [-0.1, -0.05) is 23.9 Å². The number of thioether (sulfide) groups is 1. The number of amides is 1. The number of para-hydroxylation sites is 1. The van der Waals surface area contributed by atoms with Gasteiger partial charge in [0, 0.05) is 27.3 Å². The topological polar surface area (TPSA) is 73.2 Å². The van der Waals surface area contributed by atoms with Gasteiger partial charge in [0.15, 0.2) is 5.16 Å². The molecule has 23 heavy (non-hydrogen) atoms. The molecule has 0 fully saturated rings. The average molecular weight is 335 g/mol. The second kappa shape index (κ2) is 8.12. The first-order valence-electron chi connectivity index (χ1n) is 7.43. The number of hydrogen-bond acceptors (Lipinski definition) is 5. The molecule has 0 aliphatic heterocycles. The molecule has 124 valence electrons. The predicted octanol–water partition coefficient (Wildman–Crippen LogP) is 1.57. The van der Waals surface area contributed by atoms with Crippen molar-refractivity contribution >= 4 is 28.6 Å². The van der Waals surface area contributed by atoms with Crippen LogP contribution >= 0.6 is 11.8 Å². The Kier molecular flexibility index (Phi) is 6.18. The van der Waals surface area contributed by atoms with E-state index in [1.54, 1.807) is 33.2 Å². The molecule has 0 saturated carbocycles. The Labute approximate surface area is 139 Å². The number of fused-ring (bicyclic) bond motifs is 1. The van der Waals surface area contributed by atoms with Crippen LogP contribution in [-0.2, 0) is 16.6 Å². The molecule has 0 radical (unpaired) electrons. The number of ether oxygens (including phenoxy) is 1. The summed E-state index contributed by atoms with van der Waals surface area (Å²) in [6.45, 7) is 2.99. The number of nitrogens with zero attached hydrogens (tertiary/aromatic N) is 2. The monoisotopic (exact) mass is 335 g/mol. The molecule has 2 rings (SSSR count). The highest BCUT2D eigenvalue weighted by Crippen LogP contribution is 2.21. The van der Waals surface area contributed by atoms with Crippen LogP contribution in [0.25, 0.3) is 10.9 Å². The van der Waals surface area contributed by atoms with Crippen LogP contribution in [0.4, 0.5) is 0 Å². The normalized spacial score (nSPS) is 12.3. The highest BCUT2D eigenvalue weighted by molar-refractivity contribution is 8.00. The molecule has 7 heteroatoms. The highest BCUT2D eigenvalue weighted by Gasteiger charge is 2.17. The maximum Gasteiger partial charge on any atom is 0.261 e. The molecule has 0 aliphatic rings. The van der Waals surface area contributed by atoms with E-state index in [1.165, 1.54) is 16.3 Å². The summed E-state index contributed by atoms with van der Waals surface area (Å²) in [6, 6.07) is 7.21. The smallest absolute Gasteiger partial charge is 0.261 e. The van der Waals surface area contributed by atoms with Crippen molar-refractivity contribution in [3.63, 3.8) is 0 Å². The fourth-order valence-corrected chi connectivity index (χ4v) is 2.99. The summed E-state index contributed by atoms with van der Waals surface area (Å²) in [4.78, 5) is 28.9. The molecule has 1 atom stereocenters. The lowest BCUT2D eigenvalue weighted by Gasteiger charge is -2.14. The van der Waals surface area contributed by atoms with E-state index in [2.05, 4.69) is 10.3 Å². The summed E-state index contributed by atoms with van der Waals surface area (Å²) in [5, 5.41) is 3.63. The summed E-state index contributed by atoms with van der Waals surface area (Å²) in [6.07, 6.45) is 0.770. The summed E-state index contributed by atoms with van der Waals surface area (Å²) in [7, 11) is 3.31. The summed E-state index contributed by atoms with van der Waals surface area (Å²) < 4.78 is 6.43. The first kappa shape index (κ1) is 17.5. The van der Waals surface area contributed by atoms with Gasteiger partial charge in [-0.3, -0.25) is 14.2 Å². The zero-order chi connectivity index (χ0) is 16.8. The highest BCUT2D eigenvalue weighted by atomic mass is 32.2. The van der Waals surface area contributed by atoms with Gasteiger partial charge in [-0.25, -0.2) is 4.98 Å². The molecule has 2 aromatic rings. The molecule has 0 bridgehead atoms. The Hall–Kier alpha value is -1.86. The number of nitrogens with one attached hydrogen (secondary N) is 1. The maximum absolute atomic E-state index is 12.3. The Morgan fingerprint density at radius 3 is 2.91 bits per heavy atom. The third kappa shape index (κ3) is 4.33. The Bertz CT molecular complexity index is 745. The van der Waals surface area contributed by atoms with E-state index >= 15 is 0 Å². The van der Waals surface area contributed by atoms with Crippen LogP contribution in [0.2, 0.25) is 0 Å². The fourth-order valence-electron chi connectivity index (χ4n) is 2.09. The van der Waals surface area contributed by atoms with E-state index in [4.69, 9.17) is 4.74 Å². The first-order chi connectivity index (χ1) is 11.0. The van der Waals surface area contributed by atoms with Crippen molar-refractivity contribution in [3.05, 3.63) is 34.6 Å². The predicted molar refractivity (Wildman–Crippen MR) is 91.8 cm³/mol. The number of methoxy groups -OCH3 is 1. The van der Waals surface area contributed by atoms with Gasteiger partial charge < -0.3 is 10.1 Å². The number of benzene rings is 1. The molecule has 0 spiro atoms. The van der Waals surface area contributed by atoms with Gasteiger partial charge in [0.25, 0.3) is 5.56 Å². The van der Waals surface area contributed by atoms with Gasteiger partial charge in [-0.15, -0.1) is 0 Å². The van der Waals surface area contributed by atoms with Crippen molar-refractivity contribution < 1.29 is 9.53 Å². The SMILES string of the molecule is COCCCNC(=O)C(C)Sc1nc2ccccc2c(=O)n1C. The lowest BCUT2D eigenvalue weighted by molar-refractivity contribution is -0.120. The summed E-state index contributed by atoms with van der Waals surface area (Å²) in [5.74, 6) is -0.0755. The molecule has 1 aromatic heterocycles. The minimum Gasteiger partial charge on any atom is -0.385 e. The number of aromatic nitrogens is 2. The van der Waals surface area contributed by atoms with Crippen molar-refractivity contribution in [1.82, 2.24) is 14.9 Å². The van der Waals surface area contributed by atoms with Crippen LogP contribution < -0.4 is 10.9 Å².